The SMILES string of the molecule is Cc1nc2c(c([C@H]3CCCO3)nn2[C@H](C)c2ccc(C(F)(F)F)cc2)c(=O)[nH]1. The summed E-state index contributed by atoms with van der Waals surface area (Å²) in [4.78, 5) is 19.7. The van der Waals surface area contributed by atoms with Crippen LogP contribution in [0.3, 0.4) is 0 Å². The van der Waals surface area contributed by atoms with Crippen molar-refractivity contribution in [1.82, 2.24) is 19.7 Å². The number of ether oxygens (including phenoxy) is 1. The van der Waals surface area contributed by atoms with Crippen molar-refractivity contribution in [2.75, 3.05) is 6.61 Å². The van der Waals surface area contributed by atoms with Crippen LogP contribution in [-0.2, 0) is 10.9 Å². The molecule has 1 aliphatic heterocycles. The van der Waals surface area contributed by atoms with Crippen molar-refractivity contribution >= 4 is 11.0 Å². The molecule has 6 nitrogen and oxygen atoms in total. The molecular weight excluding hydrogens is 373 g/mol. The fourth-order valence-corrected chi connectivity index (χ4v) is 3.56. The molecule has 3 aromatic rings. The van der Waals surface area contributed by atoms with Gasteiger partial charge in [-0.1, -0.05) is 12.1 Å². The van der Waals surface area contributed by atoms with Gasteiger partial charge in [0.1, 0.15) is 23.0 Å². The Hall–Kier alpha value is -2.68. The van der Waals surface area contributed by atoms with Gasteiger partial charge in [-0.2, -0.15) is 18.3 Å². The molecule has 2 atom stereocenters. The second-order valence-electron chi connectivity index (χ2n) is 6.98. The Morgan fingerprint density at radius 1 is 1.29 bits per heavy atom. The van der Waals surface area contributed by atoms with E-state index < -0.39 is 17.8 Å². The Morgan fingerprint density at radius 3 is 2.61 bits per heavy atom. The number of alkyl halides is 3. The van der Waals surface area contributed by atoms with Crippen molar-refractivity contribution in [3.05, 3.63) is 57.3 Å². The molecule has 1 aliphatic rings. The summed E-state index contributed by atoms with van der Waals surface area (Å²) in [6.07, 6.45) is -3.04. The number of aromatic amines is 1. The maximum atomic E-state index is 12.8. The minimum Gasteiger partial charge on any atom is -0.372 e. The van der Waals surface area contributed by atoms with E-state index in [2.05, 4.69) is 15.1 Å². The number of benzene rings is 1. The lowest BCUT2D eigenvalue weighted by molar-refractivity contribution is -0.137. The number of nitrogens with one attached hydrogen (secondary N) is 1. The summed E-state index contributed by atoms with van der Waals surface area (Å²) in [5.41, 5.74) is 0.563. The number of fused-ring (bicyclic) bond motifs is 1. The predicted molar refractivity (Wildman–Crippen MR) is 96.1 cm³/mol. The van der Waals surface area contributed by atoms with E-state index in [1.807, 2.05) is 6.92 Å². The fourth-order valence-electron chi connectivity index (χ4n) is 3.56. The average Bonchev–Trinajstić information content (AvgIpc) is 3.28. The van der Waals surface area contributed by atoms with Gasteiger partial charge in [0, 0.05) is 6.61 Å². The third-order valence-electron chi connectivity index (χ3n) is 5.03. The van der Waals surface area contributed by atoms with Crippen molar-refractivity contribution in [2.45, 2.75) is 45.0 Å². The van der Waals surface area contributed by atoms with Crippen LogP contribution in [0.5, 0.6) is 0 Å². The first kappa shape index (κ1) is 18.7. The van der Waals surface area contributed by atoms with Gasteiger partial charge in [-0.25, -0.2) is 9.67 Å². The van der Waals surface area contributed by atoms with Crippen molar-refractivity contribution in [3.63, 3.8) is 0 Å². The summed E-state index contributed by atoms with van der Waals surface area (Å²) in [5.74, 6) is 0.442. The Labute approximate surface area is 158 Å². The van der Waals surface area contributed by atoms with Gasteiger partial charge in [0.25, 0.3) is 5.56 Å². The number of H-pyrrole nitrogens is 1. The van der Waals surface area contributed by atoms with E-state index in [1.54, 1.807) is 11.6 Å². The molecule has 0 aliphatic carbocycles. The Bertz CT molecular complexity index is 1060. The number of rotatable bonds is 3. The van der Waals surface area contributed by atoms with E-state index in [-0.39, 0.29) is 11.7 Å². The molecule has 148 valence electrons. The van der Waals surface area contributed by atoms with E-state index in [0.717, 1.165) is 25.0 Å². The van der Waals surface area contributed by atoms with Gasteiger partial charge in [0.2, 0.25) is 0 Å². The largest absolute Gasteiger partial charge is 0.416 e. The van der Waals surface area contributed by atoms with Crippen LogP contribution in [0, 0.1) is 6.92 Å². The molecule has 1 N–H and O–H groups in total. The molecule has 0 bridgehead atoms. The average molecular weight is 392 g/mol. The molecule has 2 aromatic heterocycles. The molecule has 3 heterocycles. The monoisotopic (exact) mass is 392 g/mol. The number of aryl methyl sites for hydroxylation is 1. The number of aromatic nitrogens is 4. The third-order valence-corrected chi connectivity index (χ3v) is 5.03. The minimum absolute atomic E-state index is 0.283. The van der Waals surface area contributed by atoms with Gasteiger partial charge in [0.05, 0.1) is 11.6 Å². The van der Waals surface area contributed by atoms with E-state index in [4.69, 9.17) is 4.74 Å². The maximum absolute atomic E-state index is 12.8. The van der Waals surface area contributed by atoms with Gasteiger partial charge >= 0.3 is 6.18 Å². The molecular formula is C19H19F3N4O2. The highest BCUT2D eigenvalue weighted by atomic mass is 19.4. The zero-order chi connectivity index (χ0) is 20.1. The number of halogens is 3. The third kappa shape index (κ3) is 3.19. The molecule has 1 aromatic carbocycles. The van der Waals surface area contributed by atoms with Crippen molar-refractivity contribution in [3.8, 4) is 0 Å². The van der Waals surface area contributed by atoms with Gasteiger partial charge < -0.3 is 9.72 Å². The normalized spacial score (nSPS) is 18.7. The van der Waals surface area contributed by atoms with E-state index in [9.17, 15) is 18.0 Å². The number of hydrogen-bond donors (Lipinski definition) is 1. The van der Waals surface area contributed by atoms with Gasteiger partial charge in [-0.15, -0.1) is 0 Å². The second kappa shape index (κ2) is 6.73. The van der Waals surface area contributed by atoms with E-state index in [1.165, 1.54) is 12.1 Å². The summed E-state index contributed by atoms with van der Waals surface area (Å²) in [6, 6.07) is 4.53. The van der Waals surface area contributed by atoms with Gasteiger partial charge in [0.15, 0.2) is 5.65 Å². The first-order valence-corrected chi connectivity index (χ1v) is 9.03. The number of nitrogens with zero attached hydrogens (tertiary/aromatic N) is 3. The topological polar surface area (TPSA) is 72.8 Å². The first-order valence-electron chi connectivity index (χ1n) is 9.03. The molecule has 0 spiro atoms. The summed E-state index contributed by atoms with van der Waals surface area (Å²) in [6.45, 7) is 4.09. The predicted octanol–water partition coefficient (Wildman–Crippen LogP) is 3.91. The lowest BCUT2D eigenvalue weighted by atomic mass is 10.1. The molecule has 9 heteroatoms. The molecule has 0 unspecified atom stereocenters. The summed E-state index contributed by atoms with van der Waals surface area (Å²) in [5, 5.41) is 4.98. The zero-order valence-electron chi connectivity index (χ0n) is 15.4. The summed E-state index contributed by atoms with van der Waals surface area (Å²) < 4.78 is 45.8. The summed E-state index contributed by atoms with van der Waals surface area (Å²) in [7, 11) is 0. The lowest BCUT2D eigenvalue weighted by Gasteiger charge is -2.15. The highest BCUT2D eigenvalue weighted by Gasteiger charge is 2.31. The molecule has 28 heavy (non-hydrogen) atoms. The lowest BCUT2D eigenvalue weighted by Crippen LogP contribution is -2.13. The quantitative estimate of drug-likeness (QED) is 0.734. The highest BCUT2D eigenvalue weighted by molar-refractivity contribution is 5.78. The standard InChI is InChI=1S/C19H19F3N4O2/c1-10(12-5-7-13(8-6-12)19(20,21)22)26-17-15(18(27)24-11(2)23-17)16(25-26)14-4-3-9-28-14/h5-8,10,14H,3-4,9H2,1-2H3,(H,23,24,27)/t10-,14-/m1/s1. The van der Waals surface area contributed by atoms with Crippen molar-refractivity contribution in [2.24, 2.45) is 0 Å². The van der Waals surface area contributed by atoms with Gasteiger partial charge in [-0.05, 0) is 44.4 Å². The van der Waals surface area contributed by atoms with E-state index in [0.29, 0.717) is 34.7 Å². The van der Waals surface area contributed by atoms with Gasteiger partial charge in [-0.3, -0.25) is 4.79 Å². The summed E-state index contributed by atoms with van der Waals surface area (Å²) >= 11 is 0. The van der Waals surface area contributed by atoms with Crippen LogP contribution >= 0.6 is 0 Å². The molecule has 0 radical (unpaired) electrons. The first-order chi connectivity index (χ1) is 13.3. The molecule has 0 saturated carbocycles. The smallest absolute Gasteiger partial charge is 0.372 e. The molecule has 4 rings (SSSR count). The van der Waals surface area contributed by atoms with Crippen LogP contribution in [0.2, 0.25) is 0 Å². The Morgan fingerprint density at radius 2 is 2.00 bits per heavy atom. The van der Waals surface area contributed by atoms with Crippen LogP contribution in [0.1, 0.15) is 54.6 Å². The molecule has 1 fully saturated rings. The zero-order valence-corrected chi connectivity index (χ0v) is 15.4. The van der Waals surface area contributed by atoms with Crippen LogP contribution in [-0.4, -0.2) is 26.4 Å². The maximum Gasteiger partial charge on any atom is 0.416 e. The van der Waals surface area contributed by atoms with E-state index >= 15 is 0 Å². The Balaban J connectivity index is 1.82. The molecule has 0 amide bonds. The Kier molecular flexibility index (Phi) is 4.49. The fraction of sp³-hybridized carbons (Fsp3) is 0.421. The van der Waals surface area contributed by atoms with Crippen LogP contribution in [0.25, 0.3) is 11.0 Å². The second-order valence-corrected chi connectivity index (χ2v) is 6.98. The highest BCUT2D eigenvalue weighted by Crippen LogP contribution is 2.34. The minimum atomic E-state index is -4.39. The van der Waals surface area contributed by atoms with Crippen molar-refractivity contribution in [1.29, 1.82) is 0 Å². The van der Waals surface area contributed by atoms with Crippen LogP contribution < -0.4 is 5.56 Å². The van der Waals surface area contributed by atoms with Crippen LogP contribution in [0.15, 0.2) is 29.1 Å². The number of hydrogen-bond acceptors (Lipinski definition) is 4. The molecule has 1 saturated heterocycles. The van der Waals surface area contributed by atoms with Crippen molar-refractivity contribution < 1.29 is 17.9 Å². The van der Waals surface area contributed by atoms with Crippen LogP contribution in [0.4, 0.5) is 13.2 Å².